The zero-order valence-electron chi connectivity index (χ0n) is 10.1. The van der Waals surface area contributed by atoms with Crippen molar-refractivity contribution in [2.24, 2.45) is 17.6 Å². The van der Waals surface area contributed by atoms with Gasteiger partial charge >= 0.3 is 0 Å². The van der Waals surface area contributed by atoms with Crippen molar-refractivity contribution in [1.29, 1.82) is 0 Å². The largest absolute Gasteiger partial charge is 0.380 e. The highest BCUT2D eigenvalue weighted by atomic mass is 16.3. The Bertz CT molecular complexity index is 337. The van der Waals surface area contributed by atoms with Crippen molar-refractivity contribution in [2.45, 2.75) is 50.7 Å². The summed E-state index contributed by atoms with van der Waals surface area (Å²) in [4.78, 5) is 22.9. The second kappa shape index (κ2) is 4.29. The van der Waals surface area contributed by atoms with E-state index in [4.69, 9.17) is 5.73 Å². The van der Waals surface area contributed by atoms with Gasteiger partial charge in [-0.05, 0) is 44.9 Å². The van der Waals surface area contributed by atoms with Crippen LogP contribution in [-0.4, -0.2) is 28.6 Å². The molecule has 0 aromatic rings. The molecule has 4 N–H and O–H groups in total. The molecule has 2 saturated carbocycles. The molecule has 2 rings (SSSR count). The molecule has 0 spiro atoms. The molecule has 0 aromatic heterocycles. The molecule has 2 aliphatic rings. The van der Waals surface area contributed by atoms with Crippen LogP contribution in [0.15, 0.2) is 0 Å². The standard InChI is InChI=1S/C12H20N2O3/c1-12(17,8-3-4-8)11(16)14-9-5-2-7(6-9)10(13)15/h7-9,17H,2-6H2,1H3,(H2,13,15)(H,14,16)/t7-,9+,12?/m0/s1. The molecule has 3 atom stereocenters. The highest BCUT2D eigenvalue weighted by Crippen LogP contribution is 2.39. The zero-order valence-corrected chi connectivity index (χ0v) is 10.1. The summed E-state index contributed by atoms with van der Waals surface area (Å²) in [5.41, 5.74) is 3.97. The summed E-state index contributed by atoms with van der Waals surface area (Å²) >= 11 is 0. The predicted molar refractivity (Wildman–Crippen MR) is 61.8 cm³/mol. The highest BCUT2D eigenvalue weighted by Gasteiger charge is 2.46. The van der Waals surface area contributed by atoms with E-state index in [0.717, 1.165) is 25.7 Å². The van der Waals surface area contributed by atoms with Crippen molar-refractivity contribution in [3.05, 3.63) is 0 Å². The van der Waals surface area contributed by atoms with Crippen LogP contribution in [0.4, 0.5) is 0 Å². The normalized spacial score (nSPS) is 31.9. The molecular weight excluding hydrogens is 220 g/mol. The Kier molecular flexibility index (Phi) is 3.12. The van der Waals surface area contributed by atoms with Crippen LogP contribution in [0.1, 0.15) is 39.0 Å². The second-order valence-corrected chi connectivity index (χ2v) is 5.50. The molecule has 0 aliphatic heterocycles. The maximum Gasteiger partial charge on any atom is 0.252 e. The average molecular weight is 240 g/mol. The molecule has 0 heterocycles. The van der Waals surface area contributed by atoms with E-state index in [1.54, 1.807) is 6.92 Å². The van der Waals surface area contributed by atoms with Crippen molar-refractivity contribution in [1.82, 2.24) is 5.32 Å². The number of carbonyl (C=O) groups is 2. The minimum Gasteiger partial charge on any atom is -0.380 e. The Labute approximate surface area is 101 Å². The number of aliphatic hydroxyl groups is 1. The van der Waals surface area contributed by atoms with Gasteiger partial charge in [0.2, 0.25) is 5.91 Å². The van der Waals surface area contributed by atoms with Crippen molar-refractivity contribution < 1.29 is 14.7 Å². The van der Waals surface area contributed by atoms with Gasteiger partial charge in [0.1, 0.15) is 5.60 Å². The Hall–Kier alpha value is -1.10. The zero-order chi connectivity index (χ0) is 12.6. The molecule has 2 amide bonds. The lowest BCUT2D eigenvalue weighted by Gasteiger charge is -2.24. The van der Waals surface area contributed by atoms with Gasteiger partial charge in [-0.1, -0.05) is 0 Å². The summed E-state index contributed by atoms with van der Waals surface area (Å²) in [6, 6.07) is -0.0229. The Balaban J connectivity index is 1.85. The van der Waals surface area contributed by atoms with Gasteiger partial charge in [-0.2, -0.15) is 0 Å². The summed E-state index contributed by atoms with van der Waals surface area (Å²) in [5, 5.41) is 12.9. The van der Waals surface area contributed by atoms with Crippen LogP contribution < -0.4 is 11.1 Å². The minimum atomic E-state index is -1.26. The van der Waals surface area contributed by atoms with Crippen molar-refractivity contribution in [3.63, 3.8) is 0 Å². The third-order valence-corrected chi connectivity index (χ3v) is 4.00. The lowest BCUT2D eigenvalue weighted by Crippen LogP contribution is -2.49. The van der Waals surface area contributed by atoms with E-state index in [2.05, 4.69) is 5.32 Å². The summed E-state index contributed by atoms with van der Waals surface area (Å²) < 4.78 is 0. The van der Waals surface area contributed by atoms with E-state index < -0.39 is 5.60 Å². The van der Waals surface area contributed by atoms with Gasteiger partial charge in [-0.15, -0.1) is 0 Å². The Morgan fingerprint density at radius 2 is 1.94 bits per heavy atom. The van der Waals surface area contributed by atoms with Crippen LogP contribution in [-0.2, 0) is 9.59 Å². The maximum atomic E-state index is 11.9. The van der Waals surface area contributed by atoms with Gasteiger partial charge in [0.15, 0.2) is 0 Å². The first-order valence-corrected chi connectivity index (χ1v) is 6.24. The molecule has 2 fully saturated rings. The third kappa shape index (κ3) is 2.60. The first-order valence-electron chi connectivity index (χ1n) is 6.24. The van der Waals surface area contributed by atoms with Gasteiger partial charge in [0, 0.05) is 12.0 Å². The fourth-order valence-electron chi connectivity index (χ4n) is 2.53. The van der Waals surface area contributed by atoms with Crippen molar-refractivity contribution in [2.75, 3.05) is 0 Å². The van der Waals surface area contributed by atoms with Crippen LogP contribution in [0.25, 0.3) is 0 Å². The number of carbonyl (C=O) groups excluding carboxylic acids is 2. The average Bonchev–Trinajstić information content (AvgIpc) is 3.00. The molecule has 1 unspecified atom stereocenters. The first kappa shape index (κ1) is 12.4. The molecular formula is C12H20N2O3. The van der Waals surface area contributed by atoms with Gasteiger partial charge in [-0.3, -0.25) is 9.59 Å². The van der Waals surface area contributed by atoms with E-state index in [1.165, 1.54) is 0 Å². The molecule has 0 bridgehead atoms. The molecule has 0 aromatic carbocycles. The van der Waals surface area contributed by atoms with E-state index in [1.807, 2.05) is 0 Å². The summed E-state index contributed by atoms with van der Waals surface area (Å²) in [6.45, 7) is 1.57. The van der Waals surface area contributed by atoms with Crippen LogP contribution in [0.5, 0.6) is 0 Å². The summed E-state index contributed by atoms with van der Waals surface area (Å²) in [6.07, 6.45) is 3.91. The number of hydrogen-bond donors (Lipinski definition) is 3. The van der Waals surface area contributed by atoms with Crippen LogP contribution in [0.2, 0.25) is 0 Å². The fourth-order valence-corrected chi connectivity index (χ4v) is 2.53. The van der Waals surface area contributed by atoms with Crippen molar-refractivity contribution in [3.8, 4) is 0 Å². The molecule has 17 heavy (non-hydrogen) atoms. The summed E-state index contributed by atoms with van der Waals surface area (Å²) in [7, 11) is 0. The Morgan fingerprint density at radius 3 is 2.41 bits per heavy atom. The molecule has 0 radical (unpaired) electrons. The Morgan fingerprint density at radius 1 is 1.29 bits per heavy atom. The fraction of sp³-hybridized carbons (Fsp3) is 0.833. The van der Waals surface area contributed by atoms with Gasteiger partial charge in [0.25, 0.3) is 5.91 Å². The number of rotatable bonds is 4. The van der Waals surface area contributed by atoms with E-state index >= 15 is 0 Å². The van der Waals surface area contributed by atoms with Crippen LogP contribution >= 0.6 is 0 Å². The molecule has 96 valence electrons. The SMILES string of the molecule is CC(O)(C(=O)N[C@@H]1CC[C@H](C(N)=O)C1)C1CC1. The second-order valence-electron chi connectivity index (χ2n) is 5.50. The monoisotopic (exact) mass is 240 g/mol. The van der Waals surface area contributed by atoms with Gasteiger partial charge in [-0.25, -0.2) is 0 Å². The highest BCUT2D eigenvalue weighted by molar-refractivity contribution is 5.85. The molecule has 0 saturated heterocycles. The minimum absolute atomic E-state index is 0.0229. The van der Waals surface area contributed by atoms with Crippen LogP contribution in [0.3, 0.4) is 0 Å². The summed E-state index contributed by atoms with van der Waals surface area (Å²) in [5.74, 6) is -0.646. The predicted octanol–water partition coefficient (Wildman–Crippen LogP) is -0.0824. The maximum absolute atomic E-state index is 11.9. The molecule has 5 heteroatoms. The first-order chi connectivity index (χ1) is 7.91. The lowest BCUT2D eigenvalue weighted by molar-refractivity contribution is -0.141. The lowest BCUT2D eigenvalue weighted by atomic mass is 9.99. The van der Waals surface area contributed by atoms with Crippen molar-refractivity contribution >= 4 is 11.8 Å². The number of primary amides is 1. The van der Waals surface area contributed by atoms with E-state index in [-0.39, 0.29) is 29.7 Å². The number of amides is 2. The quantitative estimate of drug-likeness (QED) is 0.641. The topological polar surface area (TPSA) is 92.4 Å². The van der Waals surface area contributed by atoms with Gasteiger partial charge in [0.05, 0.1) is 0 Å². The third-order valence-electron chi connectivity index (χ3n) is 4.00. The number of hydrogen-bond acceptors (Lipinski definition) is 3. The smallest absolute Gasteiger partial charge is 0.252 e. The van der Waals surface area contributed by atoms with Gasteiger partial charge < -0.3 is 16.2 Å². The molecule has 5 nitrogen and oxygen atoms in total. The number of nitrogens with two attached hydrogens (primary N) is 1. The molecule has 2 aliphatic carbocycles. The van der Waals surface area contributed by atoms with E-state index in [9.17, 15) is 14.7 Å². The number of nitrogens with one attached hydrogen (secondary N) is 1. The van der Waals surface area contributed by atoms with E-state index in [0.29, 0.717) is 6.42 Å². The van der Waals surface area contributed by atoms with Crippen LogP contribution in [0, 0.1) is 11.8 Å².